The number of aromatic nitrogens is 2. The molecule has 1 saturated heterocycles. The number of halogens is 1. The number of amides is 1. The van der Waals surface area contributed by atoms with Gasteiger partial charge in [-0.15, -0.1) is 0 Å². The Bertz CT molecular complexity index is 541. The van der Waals surface area contributed by atoms with Crippen molar-refractivity contribution in [2.45, 2.75) is 25.8 Å². The SMILES string of the molecule is CCN1CCCC1CNC(=O)c1nc(Cl)c(OC)nc1OC. The summed E-state index contributed by atoms with van der Waals surface area (Å²) in [7, 11) is 2.85. The lowest BCUT2D eigenvalue weighted by molar-refractivity contribution is 0.0932. The first-order valence-corrected chi connectivity index (χ1v) is 7.66. The van der Waals surface area contributed by atoms with E-state index in [4.69, 9.17) is 21.1 Å². The average Bonchev–Trinajstić information content (AvgIpc) is 2.99. The zero-order valence-corrected chi connectivity index (χ0v) is 13.8. The van der Waals surface area contributed by atoms with Crippen LogP contribution in [-0.2, 0) is 0 Å². The molecule has 2 rings (SSSR count). The minimum absolute atomic E-state index is 0.0319. The number of hydrogen-bond acceptors (Lipinski definition) is 6. The van der Waals surface area contributed by atoms with E-state index in [1.54, 1.807) is 0 Å². The summed E-state index contributed by atoms with van der Waals surface area (Å²) < 4.78 is 10.1. The third-order valence-corrected chi connectivity index (χ3v) is 4.04. The molecule has 0 spiro atoms. The molecular formula is C14H21ClN4O3. The van der Waals surface area contributed by atoms with E-state index in [9.17, 15) is 4.79 Å². The summed E-state index contributed by atoms with van der Waals surface area (Å²) in [5.41, 5.74) is 0.0642. The van der Waals surface area contributed by atoms with E-state index in [-0.39, 0.29) is 28.5 Å². The molecule has 1 fully saturated rings. The highest BCUT2D eigenvalue weighted by molar-refractivity contribution is 6.30. The Morgan fingerprint density at radius 3 is 2.73 bits per heavy atom. The van der Waals surface area contributed by atoms with E-state index < -0.39 is 0 Å². The number of likely N-dealkylation sites (N-methyl/N-ethyl adjacent to an activating group) is 1. The maximum atomic E-state index is 12.3. The van der Waals surface area contributed by atoms with E-state index in [0.717, 1.165) is 25.9 Å². The summed E-state index contributed by atoms with van der Waals surface area (Å²) in [6, 6.07) is 0.363. The van der Waals surface area contributed by atoms with Gasteiger partial charge in [-0.05, 0) is 25.9 Å². The van der Waals surface area contributed by atoms with Crippen LogP contribution in [0.1, 0.15) is 30.3 Å². The minimum atomic E-state index is -0.350. The van der Waals surface area contributed by atoms with Crippen LogP contribution in [0.3, 0.4) is 0 Å². The molecule has 22 heavy (non-hydrogen) atoms. The number of nitrogens with one attached hydrogen (secondary N) is 1. The Kier molecular flexibility index (Phi) is 5.79. The zero-order chi connectivity index (χ0) is 16.1. The van der Waals surface area contributed by atoms with Gasteiger partial charge in [0, 0.05) is 12.6 Å². The summed E-state index contributed by atoms with van der Waals surface area (Å²) in [6.45, 7) is 4.76. The first-order valence-electron chi connectivity index (χ1n) is 7.28. The Labute approximate surface area is 135 Å². The van der Waals surface area contributed by atoms with Crippen molar-refractivity contribution in [3.05, 3.63) is 10.8 Å². The predicted molar refractivity (Wildman–Crippen MR) is 82.7 cm³/mol. The molecule has 1 amide bonds. The fourth-order valence-electron chi connectivity index (χ4n) is 2.64. The van der Waals surface area contributed by atoms with Crippen LogP contribution in [0.15, 0.2) is 0 Å². The van der Waals surface area contributed by atoms with E-state index in [1.165, 1.54) is 14.2 Å². The summed E-state index contributed by atoms with van der Waals surface area (Å²) in [5, 5.41) is 2.91. The van der Waals surface area contributed by atoms with Crippen molar-refractivity contribution in [2.24, 2.45) is 0 Å². The van der Waals surface area contributed by atoms with Crippen molar-refractivity contribution in [1.29, 1.82) is 0 Å². The lowest BCUT2D eigenvalue weighted by Crippen LogP contribution is -2.40. The van der Waals surface area contributed by atoms with Crippen molar-refractivity contribution in [3.63, 3.8) is 0 Å². The molecule has 1 unspecified atom stereocenters. The maximum absolute atomic E-state index is 12.3. The lowest BCUT2D eigenvalue weighted by Gasteiger charge is -2.22. The van der Waals surface area contributed by atoms with Gasteiger partial charge in [0.25, 0.3) is 11.8 Å². The smallest absolute Gasteiger partial charge is 0.275 e. The highest BCUT2D eigenvalue weighted by Crippen LogP contribution is 2.25. The number of carbonyl (C=O) groups excluding carboxylic acids is 1. The second-order valence-electron chi connectivity index (χ2n) is 5.02. The van der Waals surface area contributed by atoms with Gasteiger partial charge in [-0.2, -0.15) is 4.98 Å². The highest BCUT2D eigenvalue weighted by atomic mass is 35.5. The van der Waals surface area contributed by atoms with E-state index >= 15 is 0 Å². The second-order valence-corrected chi connectivity index (χ2v) is 5.37. The number of rotatable bonds is 6. The van der Waals surface area contributed by atoms with Gasteiger partial charge < -0.3 is 14.8 Å². The Balaban J connectivity index is 2.07. The lowest BCUT2D eigenvalue weighted by atomic mass is 10.2. The van der Waals surface area contributed by atoms with Gasteiger partial charge in [0.05, 0.1) is 14.2 Å². The molecule has 1 aromatic heterocycles. The molecule has 0 radical (unpaired) electrons. The van der Waals surface area contributed by atoms with Crippen LogP contribution in [0.5, 0.6) is 11.8 Å². The number of carbonyl (C=O) groups is 1. The number of likely N-dealkylation sites (tertiary alicyclic amines) is 1. The largest absolute Gasteiger partial charge is 0.479 e. The van der Waals surface area contributed by atoms with Crippen LogP contribution in [0, 0.1) is 0 Å². The number of ether oxygens (including phenoxy) is 2. The summed E-state index contributed by atoms with van der Waals surface area (Å²) in [6.07, 6.45) is 2.24. The highest BCUT2D eigenvalue weighted by Gasteiger charge is 2.25. The third-order valence-electron chi connectivity index (χ3n) is 3.80. The van der Waals surface area contributed by atoms with Crippen LogP contribution in [-0.4, -0.2) is 60.7 Å². The molecule has 0 bridgehead atoms. The van der Waals surface area contributed by atoms with E-state index in [0.29, 0.717) is 12.6 Å². The predicted octanol–water partition coefficient (Wildman–Crippen LogP) is 1.36. The first kappa shape index (κ1) is 16.8. The number of hydrogen-bond donors (Lipinski definition) is 1. The maximum Gasteiger partial charge on any atom is 0.275 e. The molecule has 122 valence electrons. The average molecular weight is 329 g/mol. The summed E-state index contributed by atoms with van der Waals surface area (Å²) in [5.74, 6) is -0.127. The van der Waals surface area contributed by atoms with Gasteiger partial charge >= 0.3 is 0 Å². The van der Waals surface area contributed by atoms with Crippen LogP contribution in [0.4, 0.5) is 0 Å². The van der Waals surface area contributed by atoms with E-state index in [1.807, 2.05) is 0 Å². The van der Waals surface area contributed by atoms with Crippen LogP contribution in [0.25, 0.3) is 0 Å². The zero-order valence-electron chi connectivity index (χ0n) is 13.1. The van der Waals surface area contributed by atoms with Crippen LogP contribution >= 0.6 is 11.6 Å². The number of methoxy groups -OCH3 is 2. The molecule has 1 atom stereocenters. The monoisotopic (exact) mass is 328 g/mol. The standard InChI is InChI=1S/C14H21ClN4O3/c1-4-19-7-5-6-9(19)8-16-12(20)10-13(21-2)18-14(22-3)11(15)17-10/h9H,4-8H2,1-3H3,(H,16,20). The van der Waals surface area contributed by atoms with E-state index in [2.05, 4.69) is 27.1 Å². The summed E-state index contributed by atoms with van der Waals surface area (Å²) >= 11 is 5.93. The van der Waals surface area contributed by atoms with Crippen molar-refractivity contribution in [3.8, 4) is 11.8 Å². The molecule has 1 aromatic rings. The van der Waals surface area contributed by atoms with Gasteiger partial charge in [0.15, 0.2) is 10.8 Å². The topological polar surface area (TPSA) is 76.6 Å². The van der Waals surface area contributed by atoms with Crippen LogP contribution in [0.2, 0.25) is 5.15 Å². The second kappa shape index (κ2) is 7.60. The Morgan fingerprint density at radius 1 is 1.36 bits per heavy atom. The van der Waals surface area contributed by atoms with Gasteiger partial charge in [0.2, 0.25) is 5.88 Å². The molecule has 1 aliphatic heterocycles. The fourth-order valence-corrected chi connectivity index (χ4v) is 2.85. The van der Waals surface area contributed by atoms with Gasteiger partial charge in [0.1, 0.15) is 0 Å². The van der Waals surface area contributed by atoms with Crippen molar-refractivity contribution >= 4 is 17.5 Å². The molecule has 1 aliphatic rings. The summed E-state index contributed by atoms with van der Waals surface area (Å²) in [4.78, 5) is 22.7. The quantitative estimate of drug-likeness (QED) is 0.849. The Morgan fingerprint density at radius 2 is 2.09 bits per heavy atom. The molecule has 7 nitrogen and oxygen atoms in total. The molecule has 1 N–H and O–H groups in total. The molecule has 0 saturated carbocycles. The third kappa shape index (κ3) is 3.59. The molecule has 2 heterocycles. The van der Waals surface area contributed by atoms with Gasteiger partial charge in [-0.25, -0.2) is 4.98 Å². The van der Waals surface area contributed by atoms with Crippen molar-refractivity contribution < 1.29 is 14.3 Å². The first-order chi connectivity index (χ1) is 10.6. The molecular weight excluding hydrogens is 308 g/mol. The molecule has 8 heteroatoms. The normalized spacial score (nSPS) is 18.3. The van der Waals surface area contributed by atoms with Gasteiger partial charge in [-0.3, -0.25) is 9.69 Å². The van der Waals surface area contributed by atoms with Crippen molar-refractivity contribution in [2.75, 3.05) is 33.9 Å². The van der Waals surface area contributed by atoms with Gasteiger partial charge in [-0.1, -0.05) is 18.5 Å². The Hall–Kier alpha value is -1.60. The molecule has 0 aliphatic carbocycles. The minimum Gasteiger partial charge on any atom is -0.479 e. The van der Waals surface area contributed by atoms with Crippen LogP contribution < -0.4 is 14.8 Å². The number of nitrogens with zero attached hydrogens (tertiary/aromatic N) is 3. The molecule has 0 aromatic carbocycles. The fraction of sp³-hybridized carbons (Fsp3) is 0.643. The van der Waals surface area contributed by atoms with Crippen molar-refractivity contribution in [1.82, 2.24) is 20.2 Å².